The van der Waals surface area contributed by atoms with Crippen molar-refractivity contribution in [3.8, 4) is 12.3 Å². The van der Waals surface area contributed by atoms with Gasteiger partial charge in [0, 0.05) is 16.9 Å². The normalized spacial score (nSPS) is 42.2. The maximum absolute atomic E-state index is 10.8. The van der Waals surface area contributed by atoms with Crippen LogP contribution in [0.3, 0.4) is 0 Å². The maximum Gasteiger partial charge on any atom is 0.134 e. The van der Waals surface area contributed by atoms with E-state index in [-0.39, 0.29) is 5.41 Å². The van der Waals surface area contributed by atoms with E-state index in [2.05, 4.69) is 42.4 Å². The Morgan fingerprint density at radius 1 is 1.28 bits per heavy atom. The second kappa shape index (κ2) is 4.23. The van der Waals surface area contributed by atoms with E-state index in [0.29, 0.717) is 4.08 Å². The van der Waals surface area contributed by atoms with Crippen molar-refractivity contribution in [1.29, 1.82) is 0 Å². The zero-order valence-electron chi connectivity index (χ0n) is 10.9. The van der Waals surface area contributed by atoms with Crippen molar-refractivity contribution >= 4 is 23.5 Å². The van der Waals surface area contributed by atoms with Crippen LogP contribution >= 0.6 is 23.5 Å². The Kier molecular flexibility index (Phi) is 3.05. The van der Waals surface area contributed by atoms with Gasteiger partial charge >= 0.3 is 0 Å². The van der Waals surface area contributed by atoms with Crippen LogP contribution in [0.15, 0.2) is 11.6 Å². The Morgan fingerprint density at radius 3 is 2.67 bits per heavy atom. The fourth-order valence-electron chi connectivity index (χ4n) is 3.64. The highest BCUT2D eigenvalue weighted by Crippen LogP contribution is 2.60. The van der Waals surface area contributed by atoms with Gasteiger partial charge in [-0.25, -0.2) is 0 Å². The maximum atomic E-state index is 10.8. The molecule has 98 valence electrons. The van der Waals surface area contributed by atoms with Crippen molar-refractivity contribution in [2.45, 2.75) is 48.7 Å². The van der Waals surface area contributed by atoms with Crippen molar-refractivity contribution in [2.75, 3.05) is 11.5 Å². The van der Waals surface area contributed by atoms with E-state index >= 15 is 0 Å². The summed E-state index contributed by atoms with van der Waals surface area (Å²) in [5.74, 6) is 5.21. The van der Waals surface area contributed by atoms with Crippen molar-refractivity contribution in [3.63, 3.8) is 0 Å². The topological polar surface area (TPSA) is 20.2 Å². The second-order valence-corrected chi connectivity index (χ2v) is 8.98. The molecule has 0 unspecified atom stereocenters. The van der Waals surface area contributed by atoms with Gasteiger partial charge in [0.15, 0.2) is 0 Å². The molecule has 1 saturated heterocycles. The molecule has 0 aromatic carbocycles. The van der Waals surface area contributed by atoms with Gasteiger partial charge in [-0.15, -0.1) is 29.9 Å². The lowest BCUT2D eigenvalue weighted by Gasteiger charge is -2.51. The molecule has 0 amide bonds. The number of hydrogen-bond donors (Lipinski definition) is 1. The van der Waals surface area contributed by atoms with E-state index in [9.17, 15) is 5.11 Å². The van der Waals surface area contributed by atoms with E-state index in [4.69, 9.17) is 6.42 Å². The molecule has 1 saturated carbocycles. The lowest BCUT2D eigenvalue weighted by atomic mass is 9.57. The first kappa shape index (κ1) is 13.0. The number of fused-ring (bicyclic) bond motifs is 1. The van der Waals surface area contributed by atoms with Crippen LogP contribution < -0.4 is 0 Å². The molecule has 0 aromatic heterocycles. The van der Waals surface area contributed by atoms with Gasteiger partial charge in [-0.3, -0.25) is 0 Å². The molecule has 1 nitrogen and oxygen atoms in total. The fourth-order valence-corrected chi connectivity index (χ4v) is 6.78. The summed E-state index contributed by atoms with van der Waals surface area (Å²) in [6.07, 6.45) is 13.2. The largest absolute Gasteiger partial charge is 0.377 e. The minimum Gasteiger partial charge on any atom is -0.377 e. The van der Waals surface area contributed by atoms with Gasteiger partial charge in [0.25, 0.3) is 0 Å². The van der Waals surface area contributed by atoms with Gasteiger partial charge in [-0.2, -0.15) is 0 Å². The standard InChI is InChI=1S/C15H20OS2/c1-3-14(16)6-4-5-12-11-15(17-9-10-18-15)8-7-13(12,14)2/h1,11,16H,4-10H2,2H3/t13-,14+/m0/s1. The van der Waals surface area contributed by atoms with Crippen LogP contribution in [0.25, 0.3) is 0 Å². The summed E-state index contributed by atoms with van der Waals surface area (Å²) < 4.78 is 0.293. The van der Waals surface area contributed by atoms with E-state index in [0.717, 1.165) is 32.1 Å². The number of rotatable bonds is 0. The quantitative estimate of drug-likeness (QED) is 0.542. The first-order valence-electron chi connectivity index (χ1n) is 6.74. The molecule has 3 aliphatic rings. The Bertz CT molecular complexity index is 430. The molecule has 2 fully saturated rings. The van der Waals surface area contributed by atoms with Crippen LogP contribution in [-0.4, -0.2) is 26.3 Å². The molecular weight excluding hydrogens is 260 g/mol. The molecule has 1 heterocycles. The monoisotopic (exact) mass is 280 g/mol. The number of aliphatic hydroxyl groups is 1. The van der Waals surface area contributed by atoms with Crippen molar-refractivity contribution < 1.29 is 5.11 Å². The molecule has 0 aromatic rings. The van der Waals surface area contributed by atoms with Crippen LogP contribution in [0.2, 0.25) is 0 Å². The first-order valence-corrected chi connectivity index (χ1v) is 8.71. The first-order chi connectivity index (χ1) is 8.54. The third kappa shape index (κ3) is 1.69. The fraction of sp³-hybridized carbons (Fsp3) is 0.733. The lowest BCUT2D eigenvalue weighted by Crippen LogP contribution is -2.51. The summed E-state index contributed by atoms with van der Waals surface area (Å²) in [6, 6.07) is 0. The highest BCUT2D eigenvalue weighted by molar-refractivity contribution is 8.21. The predicted octanol–water partition coefficient (Wildman–Crippen LogP) is 3.44. The predicted molar refractivity (Wildman–Crippen MR) is 80.7 cm³/mol. The zero-order valence-corrected chi connectivity index (χ0v) is 12.5. The minimum absolute atomic E-state index is 0.186. The SMILES string of the molecule is C#C[C@@]1(O)CCCC2=CC3(CC[C@@]21C)SCCS3. The molecule has 0 bridgehead atoms. The molecule has 1 spiro atoms. The Balaban J connectivity index is 2.01. The summed E-state index contributed by atoms with van der Waals surface area (Å²) >= 11 is 4.16. The Hall–Kier alpha value is -0.0400. The van der Waals surface area contributed by atoms with Gasteiger partial charge in [0.05, 0.1) is 4.08 Å². The molecule has 0 radical (unpaired) electrons. The smallest absolute Gasteiger partial charge is 0.134 e. The Morgan fingerprint density at radius 2 is 2.00 bits per heavy atom. The van der Waals surface area contributed by atoms with Crippen LogP contribution in [0.5, 0.6) is 0 Å². The molecule has 1 aliphatic heterocycles. The van der Waals surface area contributed by atoms with Crippen LogP contribution in [-0.2, 0) is 0 Å². The summed E-state index contributed by atoms with van der Waals surface area (Å²) in [4.78, 5) is 0. The Labute approximate surface area is 118 Å². The van der Waals surface area contributed by atoms with E-state index in [1.54, 1.807) is 0 Å². The van der Waals surface area contributed by atoms with Gasteiger partial charge in [0.1, 0.15) is 5.60 Å². The van der Waals surface area contributed by atoms with Gasteiger partial charge in [-0.1, -0.05) is 24.5 Å². The third-order valence-corrected chi connectivity index (χ3v) is 8.39. The van der Waals surface area contributed by atoms with E-state index in [1.807, 2.05) is 0 Å². The number of thioether (sulfide) groups is 2. The third-order valence-electron chi connectivity index (χ3n) is 4.99. The zero-order chi connectivity index (χ0) is 12.9. The molecule has 3 heteroatoms. The van der Waals surface area contributed by atoms with E-state index in [1.165, 1.54) is 17.1 Å². The molecule has 2 atom stereocenters. The average molecular weight is 280 g/mol. The number of terminal acetylenes is 1. The number of hydrogen-bond acceptors (Lipinski definition) is 3. The minimum atomic E-state index is -0.924. The van der Waals surface area contributed by atoms with Gasteiger partial charge in [-0.05, 0) is 32.1 Å². The van der Waals surface area contributed by atoms with Crippen LogP contribution in [0.1, 0.15) is 39.0 Å². The molecule has 3 rings (SSSR count). The molecule has 2 aliphatic carbocycles. The second-order valence-electron chi connectivity index (χ2n) is 5.87. The molecule has 1 N–H and O–H groups in total. The average Bonchev–Trinajstić information content (AvgIpc) is 2.81. The van der Waals surface area contributed by atoms with Crippen molar-refractivity contribution in [2.24, 2.45) is 5.41 Å². The summed E-state index contributed by atoms with van der Waals surface area (Å²) in [6.45, 7) is 2.18. The molecule has 18 heavy (non-hydrogen) atoms. The van der Waals surface area contributed by atoms with Crippen molar-refractivity contribution in [3.05, 3.63) is 11.6 Å². The molecular formula is C15H20OS2. The van der Waals surface area contributed by atoms with Crippen LogP contribution in [0, 0.1) is 17.8 Å². The lowest BCUT2D eigenvalue weighted by molar-refractivity contribution is -0.0362. The summed E-state index contributed by atoms with van der Waals surface area (Å²) in [5, 5.41) is 10.8. The van der Waals surface area contributed by atoms with Gasteiger partial charge < -0.3 is 5.11 Å². The van der Waals surface area contributed by atoms with Crippen molar-refractivity contribution in [1.82, 2.24) is 0 Å². The summed E-state index contributed by atoms with van der Waals surface area (Å²) in [7, 11) is 0. The van der Waals surface area contributed by atoms with Gasteiger partial charge in [0.2, 0.25) is 0 Å². The highest BCUT2D eigenvalue weighted by Gasteiger charge is 2.54. The van der Waals surface area contributed by atoms with E-state index < -0.39 is 5.60 Å². The van der Waals surface area contributed by atoms with Crippen LogP contribution in [0.4, 0.5) is 0 Å². The summed E-state index contributed by atoms with van der Waals surface area (Å²) in [5.41, 5.74) is 0.309. The highest BCUT2D eigenvalue weighted by atomic mass is 32.2.